The van der Waals surface area contributed by atoms with Gasteiger partial charge in [0.2, 0.25) is 0 Å². The average molecular weight is 407 g/mol. The fourth-order valence-corrected chi connectivity index (χ4v) is 4.94. The number of rotatable bonds is 6. The van der Waals surface area contributed by atoms with E-state index in [2.05, 4.69) is 74.9 Å². The summed E-state index contributed by atoms with van der Waals surface area (Å²) < 4.78 is 0. The van der Waals surface area contributed by atoms with Gasteiger partial charge >= 0.3 is 0 Å². The maximum Gasteiger partial charge on any atom is 0.251 e. The van der Waals surface area contributed by atoms with Crippen LogP contribution in [0.3, 0.4) is 0 Å². The van der Waals surface area contributed by atoms with Gasteiger partial charge in [-0.3, -0.25) is 14.7 Å². The van der Waals surface area contributed by atoms with Gasteiger partial charge in [-0.25, -0.2) is 0 Å². The Balaban J connectivity index is 1.46. The van der Waals surface area contributed by atoms with Crippen LogP contribution in [0.4, 0.5) is 5.69 Å². The van der Waals surface area contributed by atoms with Gasteiger partial charge in [-0.15, -0.1) is 11.3 Å². The quantitative estimate of drug-likeness (QED) is 0.676. The van der Waals surface area contributed by atoms with E-state index < -0.39 is 0 Å². The molecule has 29 heavy (non-hydrogen) atoms. The van der Waals surface area contributed by atoms with Crippen LogP contribution < -0.4 is 10.2 Å². The maximum atomic E-state index is 12.7. The largest absolute Gasteiger partial charge is 0.369 e. The van der Waals surface area contributed by atoms with Crippen molar-refractivity contribution in [1.29, 1.82) is 0 Å². The van der Waals surface area contributed by atoms with Crippen molar-refractivity contribution in [1.82, 2.24) is 15.2 Å². The number of pyridine rings is 1. The van der Waals surface area contributed by atoms with Crippen molar-refractivity contribution in [3.63, 3.8) is 0 Å². The van der Waals surface area contributed by atoms with Gasteiger partial charge in [-0.1, -0.05) is 24.3 Å². The Morgan fingerprint density at radius 2 is 1.72 bits per heavy atom. The number of amides is 1. The number of benzene rings is 1. The fourth-order valence-electron chi connectivity index (χ4n) is 3.97. The molecule has 0 bridgehead atoms. The second kappa shape index (κ2) is 9.20. The summed E-state index contributed by atoms with van der Waals surface area (Å²) in [6, 6.07) is 18.5. The highest BCUT2D eigenvalue weighted by Crippen LogP contribution is 2.30. The minimum absolute atomic E-state index is 0.00223. The third kappa shape index (κ3) is 4.66. The number of hydrogen-bond acceptors (Lipinski definition) is 5. The first-order valence-electron chi connectivity index (χ1n) is 10.0. The zero-order valence-corrected chi connectivity index (χ0v) is 17.4. The van der Waals surface area contributed by atoms with E-state index in [-0.39, 0.29) is 18.0 Å². The number of aromatic nitrogens is 1. The van der Waals surface area contributed by atoms with Gasteiger partial charge in [0.25, 0.3) is 5.91 Å². The number of anilines is 1. The standard InChI is InChI=1S/C23H26N4OS/c1-18(25-23(28)19-9-11-24-12-10-19)22(21-8-5-17-29-21)27-15-13-26(14-16-27)20-6-3-2-4-7-20/h2-12,17-18,22H,13-16H2,1H3,(H,25,28)/t18-,22-/m1/s1. The summed E-state index contributed by atoms with van der Waals surface area (Å²) >= 11 is 1.76. The Labute approximate surface area is 176 Å². The van der Waals surface area contributed by atoms with E-state index in [1.807, 2.05) is 0 Å². The maximum absolute atomic E-state index is 12.7. The lowest BCUT2D eigenvalue weighted by atomic mass is 10.0. The van der Waals surface area contributed by atoms with Crippen molar-refractivity contribution >= 4 is 22.9 Å². The van der Waals surface area contributed by atoms with Gasteiger partial charge in [0.05, 0.1) is 6.04 Å². The SMILES string of the molecule is C[C@@H](NC(=O)c1ccncc1)[C@H](c1cccs1)N1CCN(c2ccccc2)CC1. The normalized spacial score (nSPS) is 16.9. The summed E-state index contributed by atoms with van der Waals surface area (Å²) in [7, 11) is 0. The molecule has 3 heterocycles. The van der Waals surface area contributed by atoms with E-state index in [4.69, 9.17) is 0 Å². The summed E-state index contributed by atoms with van der Waals surface area (Å²) in [4.78, 5) is 22.9. The molecule has 0 radical (unpaired) electrons. The number of carbonyl (C=O) groups excluding carboxylic acids is 1. The molecule has 150 valence electrons. The molecule has 1 aliphatic heterocycles. The molecular weight excluding hydrogens is 380 g/mol. The molecule has 1 saturated heterocycles. The predicted molar refractivity (Wildman–Crippen MR) is 118 cm³/mol. The van der Waals surface area contributed by atoms with Crippen molar-refractivity contribution < 1.29 is 4.79 Å². The van der Waals surface area contributed by atoms with Crippen LogP contribution in [0.15, 0.2) is 72.4 Å². The van der Waals surface area contributed by atoms with Crippen LogP contribution in [0, 0.1) is 0 Å². The number of nitrogens with one attached hydrogen (secondary N) is 1. The van der Waals surface area contributed by atoms with Crippen molar-refractivity contribution in [2.45, 2.75) is 19.0 Å². The van der Waals surface area contributed by atoms with Crippen LogP contribution in [0.5, 0.6) is 0 Å². The second-order valence-corrected chi connectivity index (χ2v) is 8.30. The van der Waals surface area contributed by atoms with E-state index in [0.717, 1.165) is 26.2 Å². The number of piperazine rings is 1. The number of thiophene rings is 1. The lowest BCUT2D eigenvalue weighted by molar-refractivity contribution is 0.0890. The molecule has 1 aromatic carbocycles. The summed E-state index contributed by atoms with van der Waals surface area (Å²) in [6.07, 6.45) is 3.30. The summed E-state index contributed by atoms with van der Waals surface area (Å²) in [5.41, 5.74) is 1.92. The molecule has 6 heteroatoms. The monoisotopic (exact) mass is 406 g/mol. The topological polar surface area (TPSA) is 48.5 Å². The van der Waals surface area contributed by atoms with Gasteiger partial charge in [-0.05, 0) is 42.6 Å². The van der Waals surface area contributed by atoms with E-state index in [9.17, 15) is 4.79 Å². The molecule has 0 unspecified atom stereocenters. The van der Waals surface area contributed by atoms with Crippen LogP contribution in [0.2, 0.25) is 0 Å². The first-order valence-corrected chi connectivity index (χ1v) is 10.9. The van der Waals surface area contributed by atoms with Crippen molar-refractivity contribution in [2.75, 3.05) is 31.1 Å². The van der Waals surface area contributed by atoms with Gasteiger partial charge in [0, 0.05) is 60.7 Å². The van der Waals surface area contributed by atoms with Gasteiger partial charge < -0.3 is 10.2 Å². The van der Waals surface area contributed by atoms with E-state index in [1.165, 1.54) is 10.6 Å². The summed E-state index contributed by atoms with van der Waals surface area (Å²) in [5.74, 6) is -0.0515. The molecule has 1 amide bonds. The molecule has 2 atom stereocenters. The minimum Gasteiger partial charge on any atom is -0.369 e. The van der Waals surface area contributed by atoms with Crippen LogP contribution in [-0.4, -0.2) is 48.0 Å². The molecule has 2 aromatic heterocycles. The predicted octanol–water partition coefficient (Wildman–Crippen LogP) is 3.82. The average Bonchev–Trinajstić information content (AvgIpc) is 3.30. The summed E-state index contributed by atoms with van der Waals surface area (Å²) in [5, 5.41) is 5.32. The molecule has 3 aromatic rings. The third-order valence-electron chi connectivity index (χ3n) is 5.44. The summed E-state index contributed by atoms with van der Waals surface area (Å²) in [6.45, 7) is 6.00. The molecule has 0 aliphatic carbocycles. The lowest BCUT2D eigenvalue weighted by Gasteiger charge is -2.42. The van der Waals surface area contributed by atoms with Crippen molar-refractivity contribution in [3.05, 3.63) is 82.8 Å². The smallest absolute Gasteiger partial charge is 0.251 e. The number of para-hydroxylation sites is 1. The van der Waals surface area contributed by atoms with Gasteiger partial charge in [0.1, 0.15) is 0 Å². The van der Waals surface area contributed by atoms with Crippen LogP contribution in [0.1, 0.15) is 28.2 Å². The van der Waals surface area contributed by atoms with E-state index in [0.29, 0.717) is 5.56 Å². The number of carbonyl (C=O) groups is 1. The molecule has 1 aliphatic rings. The molecular formula is C23H26N4OS. The molecule has 0 saturated carbocycles. The fraction of sp³-hybridized carbons (Fsp3) is 0.304. The highest BCUT2D eigenvalue weighted by Gasteiger charge is 2.31. The molecule has 1 fully saturated rings. The molecule has 1 N–H and O–H groups in total. The second-order valence-electron chi connectivity index (χ2n) is 7.32. The van der Waals surface area contributed by atoms with Crippen LogP contribution in [0.25, 0.3) is 0 Å². The molecule has 0 spiro atoms. The number of hydrogen-bond donors (Lipinski definition) is 1. The Morgan fingerprint density at radius 3 is 2.38 bits per heavy atom. The van der Waals surface area contributed by atoms with E-state index >= 15 is 0 Å². The Bertz CT molecular complexity index is 893. The van der Waals surface area contributed by atoms with Crippen molar-refractivity contribution in [3.8, 4) is 0 Å². The van der Waals surface area contributed by atoms with E-state index in [1.54, 1.807) is 35.9 Å². The van der Waals surface area contributed by atoms with Crippen molar-refractivity contribution in [2.24, 2.45) is 0 Å². The van der Waals surface area contributed by atoms with Gasteiger partial charge in [-0.2, -0.15) is 0 Å². The zero-order valence-electron chi connectivity index (χ0n) is 16.6. The molecule has 5 nitrogen and oxygen atoms in total. The Morgan fingerprint density at radius 1 is 1.00 bits per heavy atom. The highest BCUT2D eigenvalue weighted by molar-refractivity contribution is 7.10. The molecule has 4 rings (SSSR count). The van der Waals surface area contributed by atoms with Crippen LogP contribution in [-0.2, 0) is 0 Å². The number of nitrogens with zero attached hydrogens (tertiary/aromatic N) is 3. The van der Waals surface area contributed by atoms with Gasteiger partial charge in [0.15, 0.2) is 0 Å². The highest BCUT2D eigenvalue weighted by atomic mass is 32.1. The zero-order chi connectivity index (χ0) is 20.1. The Kier molecular flexibility index (Phi) is 6.22. The Hall–Kier alpha value is -2.70. The first-order chi connectivity index (χ1) is 14.2. The lowest BCUT2D eigenvalue weighted by Crippen LogP contribution is -2.52. The van der Waals surface area contributed by atoms with Crippen LogP contribution >= 0.6 is 11.3 Å². The minimum atomic E-state index is -0.0515. The third-order valence-corrected chi connectivity index (χ3v) is 6.38. The first kappa shape index (κ1) is 19.6.